The van der Waals surface area contributed by atoms with Gasteiger partial charge in [-0.2, -0.15) is 0 Å². The number of carbonyl (C=O) groups excluding carboxylic acids is 1. The van der Waals surface area contributed by atoms with Crippen LogP contribution in [0.25, 0.3) is 0 Å². The molecule has 1 heterocycles. The van der Waals surface area contributed by atoms with Crippen molar-refractivity contribution in [3.63, 3.8) is 0 Å². The van der Waals surface area contributed by atoms with E-state index in [-0.39, 0.29) is 6.61 Å². The first-order chi connectivity index (χ1) is 8.69. The minimum atomic E-state index is -0.414. The second-order valence-corrected chi connectivity index (χ2v) is 4.52. The number of rotatable bonds is 4. The van der Waals surface area contributed by atoms with Gasteiger partial charge in [0.1, 0.15) is 18.2 Å². The monoisotopic (exact) mass is 309 g/mol. The summed E-state index contributed by atoms with van der Waals surface area (Å²) in [5.74, 6) is 0.0416. The lowest BCUT2D eigenvalue weighted by Crippen LogP contribution is -1.99. The molecule has 2 aromatic rings. The van der Waals surface area contributed by atoms with E-state index in [2.05, 4.69) is 20.9 Å². The molecule has 0 fully saturated rings. The molecule has 0 spiro atoms. The van der Waals surface area contributed by atoms with Crippen molar-refractivity contribution in [3.8, 4) is 5.75 Å². The van der Waals surface area contributed by atoms with Crippen LogP contribution in [0.5, 0.6) is 5.75 Å². The Bertz CT molecular complexity index is 575. The number of aromatic nitrogens is 1. The maximum atomic E-state index is 12.9. The third-order valence-electron chi connectivity index (χ3n) is 2.25. The van der Waals surface area contributed by atoms with Crippen molar-refractivity contribution >= 4 is 22.2 Å². The number of ether oxygens (including phenoxy) is 1. The van der Waals surface area contributed by atoms with Crippen LogP contribution in [0.4, 0.5) is 4.39 Å². The molecule has 0 saturated heterocycles. The Hall–Kier alpha value is -1.75. The van der Waals surface area contributed by atoms with Gasteiger partial charge in [-0.15, -0.1) is 0 Å². The van der Waals surface area contributed by atoms with Gasteiger partial charge < -0.3 is 4.74 Å². The molecule has 0 amide bonds. The number of aldehydes is 1. The van der Waals surface area contributed by atoms with Gasteiger partial charge in [0.2, 0.25) is 0 Å². The third-order valence-corrected chi connectivity index (χ3v) is 2.75. The SMILES string of the molecule is O=Cc1cc(Br)ccc1OCc1cncc(F)c1. The summed E-state index contributed by atoms with van der Waals surface area (Å²) in [6, 6.07) is 6.45. The van der Waals surface area contributed by atoms with Gasteiger partial charge in [-0.05, 0) is 24.3 Å². The Morgan fingerprint density at radius 2 is 2.17 bits per heavy atom. The maximum absolute atomic E-state index is 12.9. The van der Waals surface area contributed by atoms with Crippen molar-refractivity contribution in [2.75, 3.05) is 0 Å². The zero-order valence-corrected chi connectivity index (χ0v) is 10.9. The van der Waals surface area contributed by atoms with Gasteiger partial charge in [0.15, 0.2) is 6.29 Å². The molecular formula is C13H9BrFNO2. The third kappa shape index (κ3) is 3.13. The molecule has 1 aromatic carbocycles. The maximum Gasteiger partial charge on any atom is 0.153 e. The zero-order chi connectivity index (χ0) is 13.0. The van der Waals surface area contributed by atoms with Crippen molar-refractivity contribution in [3.05, 3.63) is 58.1 Å². The Morgan fingerprint density at radius 3 is 2.89 bits per heavy atom. The van der Waals surface area contributed by atoms with Crippen LogP contribution >= 0.6 is 15.9 Å². The van der Waals surface area contributed by atoms with E-state index in [1.54, 1.807) is 18.2 Å². The number of pyridine rings is 1. The van der Waals surface area contributed by atoms with Crippen molar-refractivity contribution in [2.45, 2.75) is 6.61 Å². The van der Waals surface area contributed by atoms with E-state index in [4.69, 9.17) is 4.74 Å². The predicted molar refractivity (Wildman–Crippen MR) is 68.1 cm³/mol. The smallest absolute Gasteiger partial charge is 0.153 e. The molecule has 0 saturated carbocycles. The van der Waals surface area contributed by atoms with Gasteiger partial charge in [-0.1, -0.05) is 15.9 Å². The van der Waals surface area contributed by atoms with E-state index in [9.17, 15) is 9.18 Å². The summed E-state index contributed by atoms with van der Waals surface area (Å²) in [6.45, 7) is 0.160. The summed E-state index contributed by atoms with van der Waals surface area (Å²) < 4.78 is 19.2. The molecule has 3 nitrogen and oxygen atoms in total. The van der Waals surface area contributed by atoms with E-state index in [0.29, 0.717) is 23.2 Å². The lowest BCUT2D eigenvalue weighted by atomic mass is 10.2. The molecule has 0 N–H and O–H groups in total. The van der Waals surface area contributed by atoms with Crippen molar-refractivity contribution in [1.29, 1.82) is 0 Å². The fourth-order valence-corrected chi connectivity index (χ4v) is 1.82. The van der Waals surface area contributed by atoms with E-state index in [1.807, 2.05) is 0 Å². The molecule has 0 radical (unpaired) electrons. The zero-order valence-electron chi connectivity index (χ0n) is 9.27. The molecule has 0 atom stereocenters. The lowest BCUT2D eigenvalue weighted by molar-refractivity contribution is 0.111. The standard InChI is InChI=1S/C13H9BrFNO2/c14-11-1-2-13(10(4-11)7-17)18-8-9-3-12(15)6-16-5-9/h1-7H,8H2. The molecule has 5 heteroatoms. The van der Waals surface area contributed by atoms with Gasteiger partial charge in [-0.25, -0.2) is 4.39 Å². The highest BCUT2D eigenvalue weighted by Gasteiger charge is 2.04. The van der Waals surface area contributed by atoms with E-state index < -0.39 is 5.82 Å². The summed E-state index contributed by atoms with van der Waals surface area (Å²) in [5.41, 5.74) is 1.04. The van der Waals surface area contributed by atoms with E-state index >= 15 is 0 Å². The minimum Gasteiger partial charge on any atom is -0.488 e. The first-order valence-corrected chi connectivity index (χ1v) is 5.95. The van der Waals surface area contributed by atoms with E-state index in [1.165, 1.54) is 12.3 Å². The van der Waals surface area contributed by atoms with Gasteiger partial charge in [0.25, 0.3) is 0 Å². The fraction of sp³-hybridized carbons (Fsp3) is 0.0769. The number of hydrogen-bond donors (Lipinski definition) is 0. The van der Waals surface area contributed by atoms with Gasteiger partial charge in [0, 0.05) is 16.2 Å². The van der Waals surface area contributed by atoms with Crippen molar-refractivity contribution < 1.29 is 13.9 Å². The largest absolute Gasteiger partial charge is 0.488 e. The first-order valence-electron chi connectivity index (χ1n) is 5.16. The molecule has 2 rings (SSSR count). The predicted octanol–water partition coefficient (Wildman–Crippen LogP) is 3.37. The summed E-state index contributed by atoms with van der Waals surface area (Å²) in [4.78, 5) is 14.6. The fourth-order valence-electron chi connectivity index (χ4n) is 1.44. The Kier molecular flexibility index (Phi) is 4.04. The molecular weight excluding hydrogens is 301 g/mol. The number of carbonyl (C=O) groups is 1. The molecule has 0 unspecified atom stereocenters. The van der Waals surface area contributed by atoms with Crippen LogP contribution in [0.3, 0.4) is 0 Å². The summed E-state index contributed by atoms with van der Waals surface area (Å²) in [6.07, 6.45) is 3.35. The van der Waals surface area contributed by atoms with Gasteiger partial charge >= 0.3 is 0 Å². The van der Waals surface area contributed by atoms with Crippen molar-refractivity contribution in [2.24, 2.45) is 0 Å². The quantitative estimate of drug-likeness (QED) is 0.813. The van der Waals surface area contributed by atoms with Crippen LogP contribution in [0.1, 0.15) is 15.9 Å². The Balaban J connectivity index is 2.13. The molecule has 0 aliphatic carbocycles. The Labute approximate surface area is 112 Å². The molecule has 18 heavy (non-hydrogen) atoms. The second-order valence-electron chi connectivity index (χ2n) is 3.60. The van der Waals surface area contributed by atoms with E-state index in [0.717, 1.165) is 10.7 Å². The summed E-state index contributed by atoms with van der Waals surface area (Å²) >= 11 is 3.27. The van der Waals surface area contributed by atoms with Crippen molar-refractivity contribution in [1.82, 2.24) is 4.98 Å². The topological polar surface area (TPSA) is 39.2 Å². The first kappa shape index (κ1) is 12.7. The Morgan fingerprint density at radius 1 is 1.33 bits per heavy atom. The molecule has 1 aromatic heterocycles. The van der Waals surface area contributed by atoms with Gasteiger partial charge in [0.05, 0.1) is 11.8 Å². The molecule has 92 valence electrons. The highest BCUT2D eigenvalue weighted by Crippen LogP contribution is 2.22. The normalized spacial score (nSPS) is 10.1. The van der Waals surface area contributed by atoms with Crippen LogP contribution in [0, 0.1) is 5.82 Å². The van der Waals surface area contributed by atoms with Crippen LogP contribution in [-0.4, -0.2) is 11.3 Å². The number of hydrogen-bond acceptors (Lipinski definition) is 3. The summed E-state index contributed by atoms with van der Waals surface area (Å²) in [7, 11) is 0. The average Bonchev–Trinajstić information content (AvgIpc) is 2.37. The highest BCUT2D eigenvalue weighted by molar-refractivity contribution is 9.10. The molecule has 0 bridgehead atoms. The molecule has 0 aliphatic rings. The number of nitrogens with zero attached hydrogens (tertiary/aromatic N) is 1. The highest BCUT2D eigenvalue weighted by atomic mass is 79.9. The lowest BCUT2D eigenvalue weighted by Gasteiger charge is -2.08. The van der Waals surface area contributed by atoms with Crippen LogP contribution in [-0.2, 0) is 6.61 Å². The van der Waals surface area contributed by atoms with Crippen LogP contribution in [0.2, 0.25) is 0 Å². The van der Waals surface area contributed by atoms with Crippen LogP contribution < -0.4 is 4.74 Å². The van der Waals surface area contributed by atoms with Crippen LogP contribution in [0.15, 0.2) is 41.1 Å². The second kappa shape index (κ2) is 5.73. The van der Waals surface area contributed by atoms with Gasteiger partial charge in [-0.3, -0.25) is 9.78 Å². The minimum absolute atomic E-state index is 0.160. The summed E-state index contributed by atoms with van der Waals surface area (Å²) in [5, 5.41) is 0. The molecule has 0 aliphatic heterocycles. The number of benzene rings is 1. The number of halogens is 2. The average molecular weight is 310 g/mol.